The number of amides is 1. The Hall–Kier alpha value is -2.15. The van der Waals surface area contributed by atoms with Crippen LogP contribution in [0.2, 0.25) is 0 Å². The van der Waals surface area contributed by atoms with E-state index in [2.05, 4.69) is 10.6 Å². The summed E-state index contributed by atoms with van der Waals surface area (Å²) in [6, 6.07) is 6.49. The first-order valence-electron chi connectivity index (χ1n) is 7.03. The third kappa shape index (κ3) is 4.71. The van der Waals surface area contributed by atoms with Gasteiger partial charge in [0.1, 0.15) is 0 Å². The van der Waals surface area contributed by atoms with Crippen molar-refractivity contribution in [1.29, 1.82) is 0 Å². The second kappa shape index (κ2) is 7.58. The number of carbonyl (C=O) groups excluding carboxylic acids is 1. The Labute approximate surface area is 122 Å². The molecule has 1 unspecified atom stereocenters. The van der Waals surface area contributed by atoms with E-state index in [1.165, 1.54) is 12.1 Å². The van der Waals surface area contributed by atoms with Crippen molar-refractivity contribution in [2.75, 3.05) is 19.7 Å². The highest BCUT2D eigenvalue weighted by Gasteiger charge is 2.16. The van der Waals surface area contributed by atoms with E-state index in [-0.39, 0.29) is 30.4 Å². The van der Waals surface area contributed by atoms with E-state index in [0.29, 0.717) is 12.6 Å². The van der Waals surface area contributed by atoms with Crippen LogP contribution in [0.5, 0.6) is 5.75 Å². The highest BCUT2D eigenvalue weighted by Crippen LogP contribution is 2.25. The standard InChI is InChI=1S/C14H19N3O4/c18-14(16-10-11-4-3-8-15-11)7-9-21-13-6-2-1-5-12(13)17(19)20/h1-2,5-6,11,15H,3-4,7-10H2,(H,16,18). The zero-order valence-electron chi connectivity index (χ0n) is 11.7. The molecule has 1 aromatic carbocycles. The van der Waals surface area contributed by atoms with Gasteiger partial charge in [0, 0.05) is 18.7 Å². The molecule has 1 atom stereocenters. The van der Waals surface area contributed by atoms with E-state index in [9.17, 15) is 14.9 Å². The topological polar surface area (TPSA) is 93.5 Å². The highest BCUT2D eigenvalue weighted by molar-refractivity contribution is 5.76. The van der Waals surface area contributed by atoms with Gasteiger partial charge < -0.3 is 15.4 Å². The number of nitrogens with one attached hydrogen (secondary N) is 2. The molecule has 7 heteroatoms. The number of hydrogen-bond donors (Lipinski definition) is 2. The van der Waals surface area contributed by atoms with E-state index in [0.717, 1.165) is 19.4 Å². The Morgan fingerprint density at radius 3 is 3.00 bits per heavy atom. The van der Waals surface area contributed by atoms with Crippen molar-refractivity contribution < 1.29 is 14.5 Å². The van der Waals surface area contributed by atoms with Crippen LogP contribution in [0.3, 0.4) is 0 Å². The number of benzene rings is 1. The van der Waals surface area contributed by atoms with Gasteiger partial charge in [0.2, 0.25) is 5.91 Å². The van der Waals surface area contributed by atoms with Gasteiger partial charge in [0.15, 0.2) is 5.75 Å². The molecule has 7 nitrogen and oxygen atoms in total. The van der Waals surface area contributed by atoms with Gasteiger partial charge in [-0.2, -0.15) is 0 Å². The Kier molecular flexibility index (Phi) is 5.51. The van der Waals surface area contributed by atoms with E-state index >= 15 is 0 Å². The Balaban J connectivity index is 1.71. The summed E-state index contributed by atoms with van der Waals surface area (Å²) in [5.41, 5.74) is -0.0898. The van der Waals surface area contributed by atoms with Crippen LogP contribution in [0.1, 0.15) is 19.3 Å². The molecule has 0 spiro atoms. The van der Waals surface area contributed by atoms with Crippen molar-refractivity contribution in [3.63, 3.8) is 0 Å². The molecular weight excluding hydrogens is 274 g/mol. The number of nitro groups is 1. The molecule has 0 aliphatic carbocycles. The van der Waals surface area contributed by atoms with Gasteiger partial charge in [-0.15, -0.1) is 0 Å². The lowest BCUT2D eigenvalue weighted by Crippen LogP contribution is -2.37. The number of ether oxygens (including phenoxy) is 1. The largest absolute Gasteiger partial charge is 0.486 e. The van der Waals surface area contributed by atoms with E-state index in [4.69, 9.17) is 4.74 Å². The lowest BCUT2D eigenvalue weighted by atomic mass is 10.2. The monoisotopic (exact) mass is 293 g/mol. The third-order valence-corrected chi connectivity index (χ3v) is 3.36. The highest BCUT2D eigenvalue weighted by atomic mass is 16.6. The number of nitro benzene ring substituents is 1. The maximum absolute atomic E-state index is 11.7. The molecule has 1 heterocycles. The van der Waals surface area contributed by atoms with Crippen LogP contribution in [0.15, 0.2) is 24.3 Å². The zero-order valence-corrected chi connectivity index (χ0v) is 11.7. The minimum absolute atomic E-state index is 0.0898. The lowest BCUT2D eigenvalue weighted by Gasteiger charge is -2.11. The minimum Gasteiger partial charge on any atom is -0.486 e. The maximum Gasteiger partial charge on any atom is 0.310 e. The molecule has 1 aliphatic heterocycles. The Bertz CT molecular complexity index is 501. The first-order chi connectivity index (χ1) is 10.2. The van der Waals surface area contributed by atoms with Crippen LogP contribution in [0.25, 0.3) is 0 Å². The molecule has 0 aromatic heterocycles. The number of nitrogens with zero attached hydrogens (tertiary/aromatic N) is 1. The second-order valence-electron chi connectivity index (χ2n) is 4.92. The summed E-state index contributed by atoms with van der Waals surface area (Å²) in [5.74, 6) is 0.0787. The van der Waals surface area contributed by atoms with E-state index in [1.807, 2.05) is 0 Å². The van der Waals surface area contributed by atoms with Crippen LogP contribution < -0.4 is 15.4 Å². The number of para-hydroxylation sites is 2. The summed E-state index contributed by atoms with van der Waals surface area (Å²) < 4.78 is 5.32. The Morgan fingerprint density at radius 2 is 2.29 bits per heavy atom. The van der Waals surface area contributed by atoms with Crippen LogP contribution in [-0.4, -0.2) is 36.6 Å². The first-order valence-corrected chi connectivity index (χ1v) is 7.03. The molecule has 1 aliphatic rings. The summed E-state index contributed by atoms with van der Waals surface area (Å²) in [6.07, 6.45) is 2.40. The summed E-state index contributed by atoms with van der Waals surface area (Å²) in [7, 11) is 0. The van der Waals surface area contributed by atoms with Crippen LogP contribution in [0, 0.1) is 10.1 Å². The van der Waals surface area contributed by atoms with Crippen LogP contribution in [-0.2, 0) is 4.79 Å². The van der Waals surface area contributed by atoms with Crippen molar-refractivity contribution in [2.24, 2.45) is 0 Å². The average molecular weight is 293 g/mol. The first kappa shape index (κ1) is 15.2. The van der Waals surface area contributed by atoms with E-state index < -0.39 is 4.92 Å². The summed E-state index contributed by atoms with van der Waals surface area (Å²) in [4.78, 5) is 22.0. The molecule has 1 fully saturated rings. The Morgan fingerprint density at radius 1 is 1.48 bits per heavy atom. The van der Waals surface area contributed by atoms with Crippen molar-refractivity contribution in [1.82, 2.24) is 10.6 Å². The third-order valence-electron chi connectivity index (χ3n) is 3.36. The summed E-state index contributed by atoms with van der Waals surface area (Å²) >= 11 is 0. The van der Waals surface area contributed by atoms with Crippen LogP contribution in [0.4, 0.5) is 5.69 Å². The predicted octanol–water partition coefficient (Wildman–Crippen LogP) is 1.23. The average Bonchev–Trinajstić information content (AvgIpc) is 2.99. The van der Waals surface area contributed by atoms with Gasteiger partial charge in [-0.05, 0) is 25.5 Å². The quantitative estimate of drug-likeness (QED) is 0.582. The summed E-state index contributed by atoms with van der Waals surface area (Å²) in [6.45, 7) is 1.74. The molecule has 1 amide bonds. The zero-order chi connectivity index (χ0) is 15.1. The predicted molar refractivity (Wildman–Crippen MR) is 77.2 cm³/mol. The summed E-state index contributed by atoms with van der Waals surface area (Å²) in [5, 5.41) is 16.9. The van der Waals surface area contributed by atoms with Gasteiger partial charge >= 0.3 is 5.69 Å². The molecule has 0 bridgehead atoms. The van der Waals surface area contributed by atoms with Gasteiger partial charge in [0.05, 0.1) is 18.0 Å². The van der Waals surface area contributed by atoms with Crippen molar-refractivity contribution in [3.05, 3.63) is 34.4 Å². The number of carbonyl (C=O) groups is 1. The fourth-order valence-electron chi connectivity index (χ4n) is 2.24. The SMILES string of the molecule is O=C(CCOc1ccccc1[N+](=O)[O-])NCC1CCCN1. The molecule has 1 aromatic rings. The number of rotatable bonds is 7. The minimum atomic E-state index is -0.499. The molecule has 2 N–H and O–H groups in total. The fraction of sp³-hybridized carbons (Fsp3) is 0.500. The molecular formula is C14H19N3O4. The van der Waals surface area contributed by atoms with Gasteiger partial charge in [-0.3, -0.25) is 14.9 Å². The fourth-order valence-corrected chi connectivity index (χ4v) is 2.24. The van der Waals surface area contributed by atoms with Gasteiger partial charge in [-0.1, -0.05) is 12.1 Å². The molecule has 0 saturated carbocycles. The molecule has 2 rings (SSSR count). The number of hydrogen-bond acceptors (Lipinski definition) is 5. The van der Waals surface area contributed by atoms with Crippen LogP contribution >= 0.6 is 0 Å². The van der Waals surface area contributed by atoms with Gasteiger partial charge in [0.25, 0.3) is 0 Å². The van der Waals surface area contributed by atoms with Crippen molar-refractivity contribution in [3.8, 4) is 5.75 Å². The second-order valence-corrected chi connectivity index (χ2v) is 4.92. The van der Waals surface area contributed by atoms with Gasteiger partial charge in [-0.25, -0.2) is 0 Å². The molecule has 1 saturated heterocycles. The van der Waals surface area contributed by atoms with Crippen molar-refractivity contribution in [2.45, 2.75) is 25.3 Å². The van der Waals surface area contributed by atoms with Crippen molar-refractivity contribution >= 4 is 11.6 Å². The smallest absolute Gasteiger partial charge is 0.310 e. The molecule has 21 heavy (non-hydrogen) atoms. The normalized spacial score (nSPS) is 17.4. The molecule has 0 radical (unpaired) electrons. The lowest BCUT2D eigenvalue weighted by molar-refractivity contribution is -0.385. The molecule has 114 valence electrons. The maximum atomic E-state index is 11.7. The van der Waals surface area contributed by atoms with E-state index in [1.54, 1.807) is 12.1 Å².